The summed E-state index contributed by atoms with van der Waals surface area (Å²) in [6.45, 7) is 0.0526. The first-order valence-electron chi connectivity index (χ1n) is 6.81. The summed E-state index contributed by atoms with van der Waals surface area (Å²) < 4.78 is 4.90. The highest BCUT2D eigenvalue weighted by molar-refractivity contribution is 5.98. The normalized spacial score (nSPS) is 17.3. The quantitative estimate of drug-likeness (QED) is 0.860. The predicted molar refractivity (Wildman–Crippen MR) is 78.4 cm³/mol. The van der Waals surface area contributed by atoms with Crippen LogP contribution in [0.25, 0.3) is 10.8 Å². The van der Waals surface area contributed by atoms with Gasteiger partial charge in [-0.25, -0.2) is 0 Å². The minimum atomic E-state index is -0.415. The van der Waals surface area contributed by atoms with Gasteiger partial charge in [-0.15, -0.1) is 0 Å². The van der Waals surface area contributed by atoms with Crippen molar-refractivity contribution in [1.82, 2.24) is 4.90 Å². The first-order chi connectivity index (χ1) is 10.2. The molecule has 2 aromatic rings. The second-order valence-corrected chi connectivity index (χ2v) is 5.07. The Morgan fingerprint density at radius 3 is 2.48 bits per heavy atom. The maximum absolute atomic E-state index is 11.8. The SMILES string of the molecule is NC(CN1C(=O)COCC1=O)c1cccc2ccccc12. The minimum absolute atomic E-state index is 0.0615. The Balaban J connectivity index is 1.88. The van der Waals surface area contributed by atoms with Crippen LogP contribution in [0.5, 0.6) is 0 Å². The lowest BCUT2D eigenvalue weighted by Crippen LogP contribution is -2.48. The molecule has 0 aliphatic carbocycles. The molecule has 0 aromatic heterocycles. The molecule has 0 saturated carbocycles. The predicted octanol–water partition coefficient (Wildman–Crippen LogP) is 1.23. The van der Waals surface area contributed by atoms with E-state index in [9.17, 15) is 9.59 Å². The summed E-state index contributed by atoms with van der Waals surface area (Å²) in [7, 11) is 0. The van der Waals surface area contributed by atoms with E-state index in [0.29, 0.717) is 0 Å². The Kier molecular flexibility index (Phi) is 3.68. The van der Waals surface area contributed by atoms with Crippen LogP contribution in [0.2, 0.25) is 0 Å². The zero-order valence-electron chi connectivity index (χ0n) is 11.5. The van der Waals surface area contributed by atoms with E-state index in [0.717, 1.165) is 16.3 Å². The monoisotopic (exact) mass is 284 g/mol. The van der Waals surface area contributed by atoms with E-state index in [1.165, 1.54) is 4.90 Å². The van der Waals surface area contributed by atoms with Gasteiger partial charge in [0.25, 0.3) is 11.8 Å². The third-order valence-electron chi connectivity index (χ3n) is 3.66. The molecule has 1 fully saturated rings. The van der Waals surface area contributed by atoms with Crippen LogP contribution in [0.3, 0.4) is 0 Å². The van der Waals surface area contributed by atoms with Gasteiger partial charge in [-0.2, -0.15) is 0 Å². The number of ether oxygens (including phenoxy) is 1. The van der Waals surface area contributed by atoms with E-state index in [4.69, 9.17) is 10.5 Å². The number of rotatable bonds is 3. The summed E-state index contributed by atoms with van der Waals surface area (Å²) in [6.07, 6.45) is 0. The molecule has 2 amide bonds. The van der Waals surface area contributed by atoms with E-state index < -0.39 is 6.04 Å². The van der Waals surface area contributed by atoms with Gasteiger partial charge in [0.05, 0.1) is 0 Å². The number of imide groups is 1. The fourth-order valence-electron chi connectivity index (χ4n) is 2.59. The van der Waals surface area contributed by atoms with Gasteiger partial charge in [0.15, 0.2) is 0 Å². The fraction of sp³-hybridized carbons (Fsp3) is 0.250. The number of hydrogen-bond acceptors (Lipinski definition) is 4. The highest BCUT2D eigenvalue weighted by Gasteiger charge is 2.28. The van der Waals surface area contributed by atoms with Crippen LogP contribution in [0.4, 0.5) is 0 Å². The molecule has 5 nitrogen and oxygen atoms in total. The fourth-order valence-corrected chi connectivity index (χ4v) is 2.59. The van der Waals surface area contributed by atoms with Gasteiger partial charge >= 0.3 is 0 Å². The van der Waals surface area contributed by atoms with E-state index in [1.54, 1.807) is 0 Å². The van der Waals surface area contributed by atoms with Crippen molar-refractivity contribution >= 4 is 22.6 Å². The average Bonchev–Trinajstić information content (AvgIpc) is 2.50. The molecule has 108 valence electrons. The molecule has 1 unspecified atom stereocenters. The maximum atomic E-state index is 11.8. The molecule has 21 heavy (non-hydrogen) atoms. The van der Waals surface area contributed by atoms with Crippen LogP contribution in [-0.4, -0.2) is 36.5 Å². The molecule has 2 N–H and O–H groups in total. The van der Waals surface area contributed by atoms with Gasteiger partial charge in [0.1, 0.15) is 13.2 Å². The molecule has 3 rings (SSSR count). The molecule has 1 aliphatic rings. The number of carbonyl (C=O) groups is 2. The molecule has 2 aromatic carbocycles. The van der Waals surface area contributed by atoms with E-state index in [1.807, 2.05) is 42.5 Å². The smallest absolute Gasteiger partial charge is 0.255 e. The molecular weight excluding hydrogens is 268 g/mol. The van der Waals surface area contributed by atoms with Crippen molar-refractivity contribution in [2.24, 2.45) is 5.73 Å². The van der Waals surface area contributed by atoms with Crippen LogP contribution in [0.15, 0.2) is 42.5 Å². The zero-order chi connectivity index (χ0) is 14.8. The number of nitrogens with zero attached hydrogens (tertiary/aromatic N) is 1. The Bertz CT molecular complexity index is 677. The van der Waals surface area contributed by atoms with Crippen molar-refractivity contribution in [3.05, 3.63) is 48.0 Å². The Labute approximate surface area is 122 Å². The summed E-state index contributed by atoms with van der Waals surface area (Å²) in [5.74, 6) is -0.663. The number of carbonyl (C=O) groups excluding carboxylic acids is 2. The zero-order valence-corrected chi connectivity index (χ0v) is 11.5. The highest BCUT2D eigenvalue weighted by Crippen LogP contribution is 2.24. The van der Waals surface area contributed by atoms with Crippen molar-refractivity contribution in [1.29, 1.82) is 0 Å². The highest BCUT2D eigenvalue weighted by atomic mass is 16.5. The molecule has 5 heteroatoms. The summed E-state index contributed by atoms with van der Waals surface area (Å²) in [5, 5.41) is 2.13. The lowest BCUT2D eigenvalue weighted by molar-refractivity contribution is -0.158. The first-order valence-corrected chi connectivity index (χ1v) is 6.81. The lowest BCUT2D eigenvalue weighted by atomic mass is 9.99. The number of nitrogens with two attached hydrogens (primary N) is 1. The third-order valence-corrected chi connectivity index (χ3v) is 3.66. The van der Waals surface area contributed by atoms with Crippen molar-refractivity contribution < 1.29 is 14.3 Å². The molecule has 0 bridgehead atoms. The van der Waals surface area contributed by atoms with Crippen LogP contribution in [-0.2, 0) is 14.3 Å². The van der Waals surface area contributed by atoms with Gasteiger partial charge in [0, 0.05) is 12.6 Å². The Hall–Kier alpha value is -2.24. The number of hydrogen-bond donors (Lipinski definition) is 1. The maximum Gasteiger partial charge on any atom is 0.255 e. The molecule has 0 spiro atoms. The second-order valence-electron chi connectivity index (χ2n) is 5.07. The molecule has 0 radical (unpaired) electrons. The van der Waals surface area contributed by atoms with Crippen LogP contribution in [0.1, 0.15) is 11.6 Å². The first kappa shape index (κ1) is 13.7. The van der Waals surface area contributed by atoms with Crippen LogP contribution in [0, 0.1) is 0 Å². The number of amides is 2. The standard InChI is InChI=1S/C16H16N2O3/c17-14(8-18-15(19)9-21-10-16(18)20)13-7-3-5-11-4-1-2-6-12(11)13/h1-7,14H,8-10,17H2. The van der Waals surface area contributed by atoms with E-state index in [2.05, 4.69) is 0 Å². The number of fused-ring (bicyclic) bond motifs is 1. The van der Waals surface area contributed by atoms with Crippen molar-refractivity contribution in [2.75, 3.05) is 19.8 Å². The molecular formula is C16H16N2O3. The molecule has 1 heterocycles. The molecule has 1 saturated heterocycles. The van der Waals surface area contributed by atoms with Crippen molar-refractivity contribution in [2.45, 2.75) is 6.04 Å². The summed E-state index contributed by atoms with van der Waals surface area (Å²) in [6, 6.07) is 13.4. The largest absolute Gasteiger partial charge is 0.362 e. The van der Waals surface area contributed by atoms with Gasteiger partial charge in [-0.1, -0.05) is 42.5 Å². The van der Waals surface area contributed by atoms with Crippen LogP contribution >= 0.6 is 0 Å². The third kappa shape index (κ3) is 2.66. The topological polar surface area (TPSA) is 72.6 Å². The van der Waals surface area contributed by atoms with E-state index in [-0.39, 0.29) is 31.6 Å². The lowest BCUT2D eigenvalue weighted by Gasteiger charge is -2.28. The molecule has 1 atom stereocenters. The average molecular weight is 284 g/mol. The Morgan fingerprint density at radius 2 is 1.71 bits per heavy atom. The Morgan fingerprint density at radius 1 is 1.05 bits per heavy atom. The van der Waals surface area contributed by atoms with Crippen molar-refractivity contribution in [3.8, 4) is 0 Å². The minimum Gasteiger partial charge on any atom is -0.362 e. The summed E-state index contributed by atoms with van der Waals surface area (Å²) in [4.78, 5) is 24.7. The number of benzene rings is 2. The van der Waals surface area contributed by atoms with Gasteiger partial charge in [-0.05, 0) is 16.3 Å². The van der Waals surface area contributed by atoms with Gasteiger partial charge < -0.3 is 10.5 Å². The summed E-state index contributed by atoms with van der Waals surface area (Å²) >= 11 is 0. The van der Waals surface area contributed by atoms with Crippen molar-refractivity contribution in [3.63, 3.8) is 0 Å². The molecule has 1 aliphatic heterocycles. The number of morpholine rings is 1. The van der Waals surface area contributed by atoms with E-state index >= 15 is 0 Å². The van der Waals surface area contributed by atoms with Gasteiger partial charge in [-0.3, -0.25) is 14.5 Å². The van der Waals surface area contributed by atoms with Gasteiger partial charge in [0.2, 0.25) is 0 Å². The van der Waals surface area contributed by atoms with Crippen LogP contribution < -0.4 is 5.73 Å². The summed E-state index contributed by atoms with van der Waals surface area (Å²) in [5.41, 5.74) is 7.16. The second kappa shape index (κ2) is 5.63.